The minimum Gasteiger partial charge on any atom is -0.496 e. The second kappa shape index (κ2) is 9.52. The number of carbonyl (C=O) groups excluding carboxylic acids is 2. The smallest absolute Gasteiger partial charge is 0.306 e. The largest absolute Gasteiger partial charge is 0.496 e. The normalized spacial score (nSPS) is 10.2. The summed E-state index contributed by atoms with van der Waals surface area (Å²) < 4.78 is 9.82. The van der Waals surface area contributed by atoms with Crippen molar-refractivity contribution in [3.8, 4) is 5.75 Å². The van der Waals surface area contributed by atoms with E-state index in [0.717, 1.165) is 6.42 Å². The Bertz CT molecular complexity index is 776. The molecule has 0 bridgehead atoms. The third-order valence-electron chi connectivity index (χ3n) is 3.42. The van der Waals surface area contributed by atoms with Crippen molar-refractivity contribution in [3.05, 3.63) is 50.7 Å². The topological polar surface area (TPSA) is 108 Å². The summed E-state index contributed by atoms with van der Waals surface area (Å²) in [4.78, 5) is 35.1. The number of rotatable bonds is 9. The van der Waals surface area contributed by atoms with Gasteiger partial charge in [-0.2, -0.15) is 0 Å². The summed E-state index contributed by atoms with van der Waals surface area (Å²) in [7, 11) is 1.38. The Kier molecular flexibility index (Phi) is 7.10. The van der Waals surface area contributed by atoms with Gasteiger partial charge in [-0.1, -0.05) is 6.07 Å². The number of aryl methyl sites for hydroxylation is 1. The van der Waals surface area contributed by atoms with Crippen LogP contribution in [0, 0.1) is 10.1 Å². The van der Waals surface area contributed by atoms with E-state index in [1.165, 1.54) is 30.2 Å². The van der Waals surface area contributed by atoms with Gasteiger partial charge in [-0.05, 0) is 36.4 Å². The van der Waals surface area contributed by atoms with Crippen LogP contribution in [0.5, 0.6) is 5.75 Å². The molecule has 1 amide bonds. The third-order valence-corrected chi connectivity index (χ3v) is 4.36. The number of hydrogen-bond donors (Lipinski definition) is 1. The second-order valence-electron chi connectivity index (χ2n) is 5.28. The molecule has 1 aromatic heterocycles. The molecule has 0 aliphatic carbocycles. The number of amides is 1. The van der Waals surface area contributed by atoms with E-state index in [9.17, 15) is 19.7 Å². The summed E-state index contributed by atoms with van der Waals surface area (Å²) in [5, 5.41) is 15.4. The first-order chi connectivity index (χ1) is 12.5. The van der Waals surface area contributed by atoms with Gasteiger partial charge in [-0.25, -0.2) is 0 Å². The number of thiophene rings is 1. The maximum absolute atomic E-state index is 11.9. The maximum atomic E-state index is 11.9. The number of benzene rings is 1. The SMILES string of the molecule is COc1ccc(NC(=O)COC(=O)CCCc2cccs2)c([N+](=O)[O-])c1. The zero-order valence-electron chi connectivity index (χ0n) is 14.1. The number of ether oxygens (including phenoxy) is 2. The van der Waals surface area contributed by atoms with E-state index in [4.69, 9.17) is 9.47 Å². The number of anilines is 1. The van der Waals surface area contributed by atoms with Gasteiger partial charge in [-0.3, -0.25) is 19.7 Å². The van der Waals surface area contributed by atoms with Gasteiger partial charge >= 0.3 is 5.97 Å². The lowest BCUT2D eigenvalue weighted by atomic mass is 10.2. The number of nitrogens with one attached hydrogen (secondary N) is 1. The highest BCUT2D eigenvalue weighted by Gasteiger charge is 2.18. The maximum Gasteiger partial charge on any atom is 0.306 e. The van der Waals surface area contributed by atoms with Crippen molar-refractivity contribution in [2.75, 3.05) is 19.0 Å². The van der Waals surface area contributed by atoms with Crippen LogP contribution in [-0.2, 0) is 20.7 Å². The highest BCUT2D eigenvalue weighted by molar-refractivity contribution is 7.09. The first-order valence-corrected chi connectivity index (χ1v) is 8.68. The Morgan fingerprint density at radius 3 is 2.77 bits per heavy atom. The molecule has 0 unspecified atom stereocenters. The van der Waals surface area contributed by atoms with Crippen LogP contribution in [0.3, 0.4) is 0 Å². The fraction of sp³-hybridized carbons (Fsp3) is 0.294. The third kappa shape index (κ3) is 5.85. The summed E-state index contributed by atoms with van der Waals surface area (Å²) >= 11 is 1.62. The highest BCUT2D eigenvalue weighted by Crippen LogP contribution is 2.28. The lowest BCUT2D eigenvalue weighted by Crippen LogP contribution is -2.21. The van der Waals surface area contributed by atoms with Gasteiger partial charge in [0.15, 0.2) is 6.61 Å². The molecule has 0 aliphatic heterocycles. The molecule has 9 heteroatoms. The average Bonchev–Trinajstić information content (AvgIpc) is 3.13. The summed E-state index contributed by atoms with van der Waals surface area (Å²) in [6.45, 7) is -0.499. The molecule has 0 radical (unpaired) electrons. The number of hydrogen-bond acceptors (Lipinski definition) is 7. The quantitative estimate of drug-likeness (QED) is 0.408. The van der Waals surface area contributed by atoms with Crippen LogP contribution in [0.2, 0.25) is 0 Å². The van der Waals surface area contributed by atoms with Crippen molar-refractivity contribution in [1.29, 1.82) is 0 Å². The molecule has 138 valence electrons. The van der Waals surface area contributed by atoms with Crippen molar-refractivity contribution in [3.63, 3.8) is 0 Å². The molecular weight excluding hydrogens is 360 g/mol. The van der Waals surface area contributed by atoms with E-state index < -0.39 is 23.4 Å². The standard InChI is InChI=1S/C17H18N2O6S/c1-24-12-7-8-14(15(10-12)19(22)23)18-16(20)11-25-17(21)6-2-4-13-5-3-9-26-13/h3,5,7-10H,2,4,6,11H2,1H3,(H,18,20). The van der Waals surface area contributed by atoms with Crippen molar-refractivity contribution in [2.45, 2.75) is 19.3 Å². The summed E-state index contributed by atoms with van der Waals surface area (Å²) in [6, 6.07) is 7.98. The summed E-state index contributed by atoms with van der Waals surface area (Å²) in [6.07, 6.45) is 1.61. The molecule has 0 saturated heterocycles. The van der Waals surface area contributed by atoms with Gasteiger partial charge < -0.3 is 14.8 Å². The predicted molar refractivity (Wildman–Crippen MR) is 96.5 cm³/mol. The molecule has 8 nitrogen and oxygen atoms in total. The van der Waals surface area contributed by atoms with Gasteiger partial charge in [-0.15, -0.1) is 11.3 Å². The molecule has 1 aromatic carbocycles. The zero-order valence-corrected chi connectivity index (χ0v) is 14.9. The first-order valence-electron chi connectivity index (χ1n) is 7.80. The lowest BCUT2D eigenvalue weighted by Gasteiger charge is -2.08. The van der Waals surface area contributed by atoms with Crippen LogP contribution in [0.1, 0.15) is 17.7 Å². The average molecular weight is 378 g/mol. The molecule has 0 fully saturated rings. The molecule has 26 heavy (non-hydrogen) atoms. The lowest BCUT2D eigenvalue weighted by molar-refractivity contribution is -0.384. The van der Waals surface area contributed by atoms with Gasteiger partial charge in [0.05, 0.1) is 18.1 Å². The highest BCUT2D eigenvalue weighted by atomic mass is 32.1. The van der Waals surface area contributed by atoms with E-state index in [-0.39, 0.29) is 17.8 Å². The molecule has 1 N–H and O–H groups in total. The molecule has 0 atom stereocenters. The van der Waals surface area contributed by atoms with Crippen LogP contribution >= 0.6 is 11.3 Å². The van der Waals surface area contributed by atoms with E-state index in [1.54, 1.807) is 11.3 Å². The van der Waals surface area contributed by atoms with E-state index in [2.05, 4.69) is 5.32 Å². The number of nitro benzene ring substituents is 1. The fourth-order valence-corrected chi connectivity index (χ4v) is 2.91. The molecule has 0 aliphatic rings. The van der Waals surface area contributed by atoms with Crippen molar-refractivity contribution in [1.82, 2.24) is 0 Å². The molecule has 1 heterocycles. The number of methoxy groups -OCH3 is 1. The van der Waals surface area contributed by atoms with Crippen LogP contribution < -0.4 is 10.1 Å². The van der Waals surface area contributed by atoms with Gasteiger partial charge in [0.2, 0.25) is 0 Å². The van der Waals surface area contributed by atoms with Gasteiger partial charge in [0.25, 0.3) is 11.6 Å². The van der Waals surface area contributed by atoms with Crippen molar-refractivity contribution >= 4 is 34.6 Å². The van der Waals surface area contributed by atoms with Crippen LogP contribution in [0.15, 0.2) is 35.7 Å². The van der Waals surface area contributed by atoms with E-state index in [0.29, 0.717) is 12.2 Å². The number of carbonyl (C=O) groups is 2. The van der Waals surface area contributed by atoms with Crippen LogP contribution in [-0.4, -0.2) is 30.5 Å². The number of nitro groups is 1. The Balaban J connectivity index is 1.79. The zero-order chi connectivity index (χ0) is 18.9. The molecular formula is C17H18N2O6S. The Hall–Kier alpha value is -2.94. The van der Waals surface area contributed by atoms with Gasteiger partial charge in [0, 0.05) is 11.3 Å². The van der Waals surface area contributed by atoms with Crippen molar-refractivity contribution in [2.24, 2.45) is 0 Å². The fourth-order valence-electron chi connectivity index (χ4n) is 2.16. The Morgan fingerprint density at radius 2 is 2.12 bits per heavy atom. The van der Waals surface area contributed by atoms with E-state index in [1.807, 2.05) is 17.5 Å². The van der Waals surface area contributed by atoms with Crippen molar-refractivity contribution < 1.29 is 24.0 Å². The minimum atomic E-state index is -0.648. The monoisotopic (exact) mass is 378 g/mol. The van der Waals surface area contributed by atoms with Crippen LogP contribution in [0.4, 0.5) is 11.4 Å². The Morgan fingerprint density at radius 1 is 1.31 bits per heavy atom. The molecule has 2 rings (SSSR count). The molecule has 0 saturated carbocycles. The van der Waals surface area contributed by atoms with E-state index >= 15 is 0 Å². The molecule has 0 spiro atoms. The summed E-state index contributed by atoms with van der Waals surface area (Å²) in [5.41, 5.74) is -0.297. The summed E-state index contributed by atoms with van der Waals surface area (Å²) in [5.74, 6) is -0.835. The molecule has 2 aromatic rings. The number of nitrogens with zero attached hydrogens (tertiary/aromatic N) is 1. The second-order valence-corrected chi connectivity index (χ2v) is 6.31. The number of esters is 1. The Labute approximate surface area is 153 Å². The van der Waals surface area contributed by atoms with Crippen LogP contribution in [0.25, 0.3) is 0 Å². The van der Waals surface area contributed by atoms with Gasteiger partial charge in [0.1, 0.15) is 11.4 Å². The first kappa shape index (κ1) is 19.4. The minimum absolute atomic E-state index is 0.00884. The predicted octanol–water partition coefficient (Wildman–Crippen LogP) is 3.17.